The molecule has 0 aliphatic heterocycles. The Morgan fingerprint density at radius 2 is 1.50 bits per heavy atom. The van der Waals surface area contributed by atoms with Crippen LogP contribution in [0.25, 0.3) is 0 Å². The van der Waals surface area contributed by atoms with Gasteiger partial charge in [0.15, 0.2) is 11.5 Å². The van der Waals surface area contributed by atoms with Gasteiger partial charge in [-0.3, -0.25) is 0 Å². The number of rotatable bonds is 13. The third-order valence-electron chi connectivity index (χ3n) is 5.28. The number of carboxylic acids is 2. The lowest BCUT2D eigenvalue weighted by molar-refractivity contribution is -0.133. The van der Waals surface area contributed by atoms with Crippen molar-refractivity contribution in [1.82, 2.24) is 0 Å². The van der Waals surface area contributed by atoms with Crippen LogP contribution in [0.15, 0.2) is 58.7 Å². The van der Waals surface area contributed by atoms with Gasteiger partial charge in [0.2, 0.25) is 0 Å². The summed E-state index contributed by atoms with van der Waals surface area (Å²) in [4.78, 5) is 22.5. The Labute approximate surface area is 201 Å². The molecule has 0 bridgehead atoms. The number of aliphatic carboxylic acids is 1. The number of aromatic hydroxyl groups is 2. The fourth-order valence-corrected chi connectivity index (χ4v) is 3.39. The van der Waals surface area contributed by atoms with Gasteiger partial charge in [-0.25, -0.2) is 9.59 Å². The highest BCUT2D eigenvalue weighted by Gasteiger charge is 2.13. The highest BCUT2D eigenvalue weighted by Crippen LogP contribution is 2.31. The number of aliphatic hydroxyl groups is 1. The molecule has 1 atom stereocenters. The number of phenols is 2. The quantitative estimate of drug-likeness (QED) is 0.145. The van der Waals surface area contributed by atoms with Crippen molar-refractivity contribution < 1.29 is 35.1 Å². The van der Waals surface area contributed by atoms with Crippen molar-refractivity contribution in [2.24, 2.45) is 0 Å². The van der Waals surface area contributed by atoms with E-state index in [1.165, 1.54) is 6.07 Å². The molecule has 186 valence electrons. The van der Waals surface area contributed by atoms with Crippen LogP contribution < -0.4 is 0 Å². The Hall–Kier alpha value is -3.32. The first-order valence-corrected chi connectivity index (χ1v) is 11.3. The summed E-state index contributed by atoms with van der Waals surface area (Å²) in [5.41, 5.74) is 3.60. The van der Waals surface area contributed by atoms with E-state index in [4.69, 9.17) is 5.11 Å². The number of carbonyl (C=O) groups is 2. The molecule has 0 spiro atoms. The zero-order valence-electron chi connectivity index (χ0n) is 20.3. The first kappa shape index (κ1) is 28.7. The van der Waals surface area contributed by atoms with Crippen LogP contribution in [0.3, 0.4) is 0 Å². The van der Waals surface area contributed by atoms with Crippen LogP contribution in [-0.2, 0) is 11.2 Å². The molecular weight excluding hydrogens is 436 g/mol. The highest BCUT2D eigenvalue weighted by molar-refractivity contribution is 5.89. The minimum atomic E-state index is -1.17. The monoisotopic (exact) mass is 472 g/mol. The SMILES string of the molecule is CC(C)=CC(O)CC(=CCCC(C)=CCCC(C)=CCc1cc(C(=O)O)cc(O)c1O)C(=O)O. The van der Waals surface area contributed by atoms with Gasteiger partial charge >= 0.3 is 11.9 Å². The van der Waals surface area contributed by atoms with Crippen molar-refractivity contribution in [3.63, 3.8) is 0 Å². The largest absolute Gasteiger partial charge is 0.504 e. The Morgan fingerprint density at radius 1 is 0.912 bits per heavy atom. The van der Waals surface area contributed by atoms with Crippen LogP contribution in [0.4, 0.5) is 0 Å². The van der Waals surface area contributed by atoms with E-state index >= 15 is 0 Å². The third kappa shape index (κ3) is 10.5. The molecule has 1 aromatic carbocycles. The molecule has 7 heteroatoms. The second kappa shape index (κ2) is 14.1. The molecule has 1 aromatic rings. The van der Waals surface area contributed by atoms with E-state index in [2.05, 4.69) is 6.08 Å². The van der Waals surface area contributed by atoms with Gasteiger partial charge in [-0.05, 0) is 71.9 Å². The van der Waals surface area contributed by atoms with E-state index in [0.29, 0.717) is 24.8 Å². The number of allylic oxidation sites excluding steroid dienone is 6. The van der Waals surface area contributed by atoms with Crippen LogP contribution in [-0.4, -0.2) is 43.6 Å². The van der Waals surface area contributed by atoms with E-state index in [1.807, 2.05) is 33.8 Å². The van der Waals surface area contributed by atoms with Crippen LogP contribution in [0, 0.1) is 0 Å². The van der Waals surface area contributed by atoms with Crippen LogP contribution in [0.5, 0.6) is 11.5 Å². The number of carboxylic acid groups (broad SMARTS) is 2. The molecule has 0 aliphatic rings. The Kier molecular flexibility index (Phi) is 11.9. The maximum Gasteiger partial charge on any atom is 0.335 e. The zero-order chi connectivity index (χ0) is 25.8. The summed E-state index contributed by atoms with van der Waals surface area (Å²) in [5, 5.41) is 48.1. The minimum absolute atomic E-state index is 0.0793. The van der Waals surface area contributed by atoms with Gasteiger partial charge in [-0.15, -0.1) is 0 Å². The maximum atomic E-state index is 11.4. The van der Waals surface area contributed by atoms with Gasteiger partial charge in [0.25, 0.3) is 0 Å². The second-order valence-electron chi connectivity index (χ2n) is 8.74. The third-order valence-corrected chi connectivity index (χ3v) is 5.28. The summed E-state index contributed by atoms with van der Waals surface area (Å²) in [6.07, 6.45) is 9.72. The molecule has 0 radical (unpaired) electrons. The lowest BCUT2D eigenvalue weighted by Crippen LogP contribution is -2.10. The molecule has 0 amide bonds. The molecule has 0 heterocycles. The van der Waals surface area contributed by atoms with Crippen LogP contribution in [0.1, 0.15) is 75.7 Å². The highest BCUT2D eigenvalue weighted by atomic mass is 16.4. The van der Waals surface area contributed by atoms with Crippen molar-refractivity contribution in [1.29, 1.82) is 0 Å². The lowest BCUT2D eigenvalue weighted by Gasteiger charge is -2.08. The molecule has 1 rings (SSSR count). The summed E-state index contributed by atoms with van der Waals surface area (Å²) in [6, 6.07) is 2.37. The number of phenolic OH excluding ortho intramolecular Hbond substituents is 2. The van der Waals surface area contributed by atoms with E-state index < -0.39 is 23.8 Å². The maximum absolute atomic E-state index is 11.4. The molecule has 1 unspecified atom stereocenters. The molecule has 34 heavy (non-hydrogen) atoms. The standard InChI is InChI=1S/C27H36O7/c1-17(2)13-23(28)15-21(26(31)32)10-6-9-18(3)7-5-8-19(4)11-12-20-14-22(27(33)34)16-24(29)25(20)30/h7,10-11,13-14,16,23,28-30H,5-6,8-9,12,15H2,1-4H3,(H,31,32)(H,33,34). The molecule has 0 aliphatic carbocycles. The fraction of sp³-hybridized carbons (Fsp3) is 0.407. The van der Waals surface area contributed by atoms with Crippen molar-refractivity contribution in [3.8, 4) is 11.5 Å². The van der Waals surface area contributed by atoms with Gasteiger partial charge in [0, 0.05) is 17.6 Å². The number of aliphatic hydroxyl groups excluding tert-OH is 1. The number of hydrogen-bond acceptors (Lipinski definition) is 5. The predicted molar refractivity (Wildman–Crippen MR) is 132 cm³/mol. The smallest absolute Gasteiger partial charge is 0.335 e. The van der Waals surface area contributed by atoms with Crippen molar-refractivity contribution in [2.45, 2.75) is 72.3 Å². The molecule has 0 saturated heterocycles. The minimum Gasteiger partial charge on any atom is -0.504 e. The first-order valence-electron chi connectivity index (χ1n) is 11.3. The number of aromatic carboxylic acids is 1. The molecule has 0 saturated carbocycles. The topological polar surface area (TPSA) is 135 Å². The van der Waals surface area contributed by atoms with Gasteiger partial charge in [-0.2, -0.15) is 0 Å². The predicted octanol–water partition coefficient (Wildman–Crippen LogP) is 5.52. The second-order valence-corrected chi connectivity index (χ2v) is 8.74. The summed E-state index contributed by atoms with van der Waals surface area (Å²) < 4.78 is 0. The van der Waals surface area contributed by atoms with Crippen molar-refractivity contribution in [2.75, 3.05) is 0 Å². The van der Waals surface area contributed by atoms with Crippen LogP contribution >= 0.6 is 0 Å². The van der Waals surface area contributed by atoms with Crippen molar-refractivity contribution >= 4 is 11.9 Å². The van der Waals surface area contributed by atoms with E-state index in [9.17, 15) is 30.0 Å². The molecular formula is C27H36O7. The van der Waals surface area contributed by atoms with E-state index in [0.717, 1.165) is 35.6 Å². The van der Waals surface area contributed by atoms with Gasteiger partial charge < -0.3 is 25.5 Å². The number of benzene rings is 1. The van der Waals surface area contributed by atoms with E-state index in [-0.39, 0.29) is 23.3 Å². The number of hydrogen-bond donors (Lipinski definition) is 5. The summed E-state index contributed by atoms with van der Waals surface area (Å²) in [5.74, 6) is -2.96. The Morgan fingerprint density at radius 3 is 2.06 bits per heavy atom. The van der Waals surface area contributed by atoms with Gasteiger partial charge in [0.1, 0.15) is 0 Å². The van der Waals surface area contributed by atoms with E-state index in [1.54, 1.807) is 12.2 Å². The summed E-state index contributed by atoms with van der Waals surface area (Å²) >= 11 is 0. The first-order chi connectivity index (χ1) is 15.9. The zero-order valence-corrected chi connectivity index (χ0v) is 20.3. The van der Waals surface area contributed by atoms with Gasteiger partial charge in [-0.1, -0.05) is 41.0 Å². The molecule has 7 nitrogen and oxygen atoms in total. The average molecular weight is 473 g/mol. The molecule has 0 aromatic heterocycles. The normalized spacial score (nSPS) is 13.5. The average Bonchev–Trinajstić information content (AvgIpc) is 2.73. The summed E-state index contributed by atoms with van der Waals surface area (Å²) in [7, 11) is 0. The summed E-state index contributed by atoms with van der Waals surface area (Å²) in [6.45, 7) is 7.64. The fourth-order valence-electron chi connectivity index (χ4n) is 3.39. The Bertz CT molecular complexity index is 992. The lowest BCUT2D eigenvalue weighted by atomic mass is 10.0. The molecule has 0 fully saturated rings. The Balaban J connectivity index is 2.61. The van der Waals surface area contributed by atoms with Gasteiger partial charge in [0.05, 0.1) is 11.7 Å². The van der Waals surface area contributed by atoms with Crippen molar-refractivity contribution in [3.05, 3.63) is 69.9 Å². The molecule has 5 N–H and O–H groups in total. The van der Waals surface area contributed by atoms with Crippen LogP contribution in [0.2, 0.25) is 0 Å².